The first-order valence-electron chi connectivity index (χ1n) is 8.11. The highest BCUT2D eigenvalue weighted by molar-refractivity contribution is 5.06. The smallest absolute Gasteiger partial charge is 0.117 e. The van der Waals surface area contributed by atoms with Crippen molar-refractivity contribution in [3.63, 3.8) is 0 Å². The second-order valence-corrected chi connectivity index (χ2v) is 6.35. The van der Waals surface area contributed by atoms with Gasteiger partial charge in [-0.2, -0.15) is 5.10 Å². The molecule has 1 unspecified atom stereocenters. The van der Waals surface area contributed by atoms with Gasteiger partial charge in [0.1, 0.15) is 5.76 Å². The second kappa shape index (κ2) is 6.67. The zero-order valence-electron chi connectivity index (χ0n) is 13.8. The van der Waals surface area contributed by atoms with Gasteiger partial charge in [0.25, 0.3) is 0 Å². The van der Waals surface area contributed by atoms with Crippen LogP contribution in [-0.4, -0.2) is 51.8 Å². The molecule has 0 radical (unpaired) electrons. The number of nitrogens with zero attached hydrogens (tertiary/aromatic N) is 4. The summed E-state index contributed by atoms with van der Waals surface area (Å²) in [6.45, 7) is 12.8. The topological polar surface area (TPSA) is 37.4 Å². The van der Waals surface area contributed by atoms with Gasteiger partial charge in [-0.1, -0.05) is 0 Å². The zero-order valence-corrected chi connectivity index (χ0v) is 13.8. The predicted octanol–water partition coefficient (Wildman–Crippen LogP) is 2.30. The lowest BCUT2D eigenvalue weighted by Crippen LogP contribution is -2.50. The molecule has 0 amide bonds. The summed E-state index contributed by atoms with van der Waals surface area (Å²) in [5.74, 6) is 1.06. The molecular formula is C17H26N4O. The fourth-order valence-corrected chi connectivity index (χ4v) is 3.21. The summed E-state index contributed by atoms with van der Waals surface area (Å²) in [5.41, 5.74) is 2.36. The first kappa shape index (κ1) is 15.3. The number of rotatable bonds is 5. The number of furan rings is 1. The van der Waals surface area contributed by atoms with Crippen LogP contribution >= 0.6 is 0 Å². The summed E-state index contributed by atoms with van der Waals surface area (Å²) in [6, 6.07) is 6.68. The van der Waals surface area contributed by atoms with Crippen LogP contribution in [-0.2, 0) is 13.1 Å². The molecule has 2 aromatic heterocycles. The van der Waals surface area contributed by atoms with Crippen LogP contribution in [0.1, 0.15) is 24.1 Å². The largest absolute Gasteiger partial charge is 0.468 e. The van der Waals surface area contributed by atoms with Crippen molar-refractivity contribution in [2.24, 2.45) is 0 Å². The summed E-state index contributed by atoms with van der Waals surface area (Å²) >= 11 is 0. The molecule has 3 heterocycles. The van der Waals surface area contributed by atoms with Crippen LogP contribution < -0.4 is 0 Å². The van der Waals surface area contributed by atoms with E-state index in [4.69, 9.17) is 4.42 Å². The molecule has 120 valence electrons. The van der Waals surface area contributed by atoms with Crippen molar-refractivity contribution in [2.45, 2.75) is 39.9 Å². The van der Waals surface area contributed by atoms with Crippen LogP contribution in [0.4, 0.5) is 0 Å². The van der Waals surface area contributed by atoms with Gasteiger partial charge in [-0.15, -0.1) is 0 Å². The van der Waals surface area contributed by atoms with Crippen LogP contribution in [0.15, 0.2) is 28.9 Å². The monoisotopic (exact) mass is 302 g/mol. The summed E-state index contributed by atoms with van der Waals surface area (Å²) in [7, 11) is 0. The third-order valence-electron chi connectivity index (χ3n) is 4.53. The molecule has 0 aliphatic carbocycles. The Morgan fingerprint density at radius 2 is 2.00 bits per heavy atom. The maximum Gasteiger partial charge on any atom is 0.117 e. The van der Waals surface area contributed by atoms with E-state index in [0.717, 1.165) is 50.7 Å². The molecule has 0 saturated carbocycles. The highest BCUT2D eigenvalue weighted by Gasteiger charge is 2.22. The van der Waals surface area contributed by atoms with E-state index in [1.807, 2.05) is 6.07 Å². The van der Waals surface area contributed by atoms with Gasteiger partial charge >= 0.3 is 0 Å². The quantitative estimate of drug-likeness (QED) is 0.849. The van der Waals surface area contributed by atoms with Crippen molar-refractivity contribution >= 4 is 0 Å². The van der Waals surface area contributed by atoms with E-state index in [2.05, 4.69) is 52.5 Å². The molecule has 22 heavy (non-hydrogen) atoms. The van der Waals surface area contributed by atoms with Crippen LogP contribution in [0, 0.1) is 13.8 Å². The summed E-state index contributed by atoms with van der Waals surface area (Å²) < 4.78 is 7.57. The average Bonchev–Trinajstić information content (AvgIpc) is 3.10. The highest BCUT2D eigenvalue weighted by atomic mass is 16.3. The Morgan fingerprint density at radius 3 is 2.59 bits per heavy atom. The predicted molar refractivity (Wildman–Crippen MR) is 86.7 cm³/mol. The lowest BCUT2D eigenvalue weighted by Gasteiger charge is -2.37. The average molecular weight is 302 g/mol. The van der Waals surface area contributed by atoms with Gasteiger partial charge in [0.2, 0.25) is 0 Å². The van der Waals surface area contributed by atoms with Crippen molar-refractivity contribution in [1.82, 2.24) is 19.6 Å². The van der Waals surface area contributed by atoms with Gasteiger partial charge in [0.15, 0.2) is 0 Å². The van der Waals surface area contributed by atoms with Crippen molar-refractivity contribution < 1.29 is 4.42 Å². The molecule has 0 aromatic carbocycles. The van der Waals surface area contributed by atoms with Crippen LogP contribution in [0.2, 0.25) is 0 Å². The lowest BCUT2D eigenvalue weighted by atomic mass is 10.2. The van der Waals surface area contributed by atoms with Crippen molar-refractivity contribution in [3.8, 4) is 0 Å². The molecule has 1 saturated heterocycles. The number of piperazine rings is 1. The molecule has 0 bridgehead atoms. The Labute approximate surface area is 132 Å². The minimum atomic E-state index is 0.517. The van der Waals surface area contributed by atoms with Crippen LogP contribution in [0.3, 0.4) is 0 Å². The van der Waals surface area contributed by atoms with Gasteiger partial charge < -0.3 is 4.42 Å². The number of aromatic nitrogens is 2. The molecule has 0 N–H and O–H groups in total. The van der Waals surface area contributed by atoms with Crippen molar-refractivity contribution in [2.75, 3.05) is 26.2 Å². The van der Waals surface area contributed by atoms with E-state index < -0.39 is 0 Å². The molecule has 1 aliphatic heterocycles. The fraction of sp³-hybridized carbons (Fsp3) is 0.588. The van der Waals surface area contributed by atoms with Gasteiger partial charge in [-0.25, -0.2) is 0 Å². The lowest BCUT2D eigenvalue weighted by molar-refractivity contribution is 0.0855. The van der Waals surface area contributed by atoms with Gasteiger partial charge in [-0.3, -0.25) is 14.5 Å². The first-order chi connectivity index (χ1) is 10.6. The standard InChI is InChI=1S/C17H26N4O/c1-14-11-15(2)21(18-14)12-16(3)20-8-6-19(7-9-20)13-17-5-4-10-22-17/h4-5,10-11,16H,6-9,12-13H2,1-3H3. The SMILES string of the molecule is Cc1cc(C)n(CC(C)N2CCN(Cc3ccco3)CC2)n1. The Morgan fingerprint density at radius 1 is 1.23 bits per heavy atom. The van der Waals surface area contributed by atoms with E-state index in [1.54, 1.807) is 6.26 Å². The van der Waals surface area contributed by atoms with E-state index in [1.165, 1.54) is 5.69 Å². The number of hydrogen-bond acceptors (Lipinski definition) is 4. The molecule has 5 nitrogen and oxygen atoms in total. The molecule has 1 fully saturated rings. The fourth-order valence-electron chi connectivity index (χ4n) is 3.21. The Kier molecular flexibility index (Phi) is 4.64. The van der Waals surface area contributed by atoms with Crippen LogP contribution in [0.25, 0.3) is 0 Å². The minimum absolute atomic E-state index is 0.517. The summed E-state index contributed by atoms with van der Waals surface area (Å²) in [6.07, 6.45) is 1.75. The van der Waals surface area contributed by atoms with E-state index in [0.29, 0.717) is 6.04 Å². The Hall–Kier alpha value is -1.59. The summed E-state index contributed by atoms with van der Waals surface area (Å²) in [4.78, 5) is 5.03. The minimum Gasteiger partial charge on any atom is -0.468 e. The molecule has 1 atom stereocenters. The molecule has 0 spiro atoms. The van der Waals surface area contributed by atoms with E-state index in [-0.39, 0.29) is 0 Å². The second-order valence-electron chi connectivity index (χ2n) is 6.35. The van der Waals surface area contributed by atoms with Gasteiger partial charge in [-0.05, 0) is 39.0 Å². The molecular weight excluding hydrogens is 276 g/mol. The van der Waals surface area contributed by atoms with Crippen LogP contribution in [0.5, 0.6) is 0 Å². The number of hydrogen-bond donors (Lipinski definition) is 0. The maximum absolute atomic E-state index is 5.44. The molecule has 5 heteroatoms. The Bertz CT molecular complexity index is 582. The first-order valence-corrected chi connectivity index (χ1v) is 8.11. The third-order valence-corrected chi connectivity index (χ3v) is 4.53. The number of aryl methyl sites for hydroxylation is 2. The van der Waals surface area contributed by atoms with Crippen molar-refractivity contribution in [1.29, 1.82) is 0 Å². The van der Waals surface area contributed by atoms with Gasteiger partial charge in [0, 0.05) is 37.9 Å². The Balaban J connectivity index is 1.49. The maximum atomic E-state index is 5.44. The van der Waals surface area contributed by atoms with E-state index >= 15 is 0 Å². The highest BCUT2D eigenvalue weighted by Crippen LogP contribution is 2.13. The third kappa shape index (κ3) is 3.59. The molecule has 2 aromatic rings. The van der Waals surface area contributed by atoms with E-state index in [9.17, 15) is 0 Å². The normalized spacial score (nSPS) is 18.7. The van der Waals surface area contributed by atoms with Crippen molar-refractivity contribution in [3.05, 3.63) is 41.6 Å². The zero-order chi connectivity index (χ0) is 15.5. The molecule has 3 rings (SSSR count). The summed E-state index contributed by atoms with van der Waals surface area (Å²) in [5, 5.41) is 4.58. The molecule has 1 aliphatic rings. The van der Waals surface area contributed by atoms with Gasteiger partial charge in [0.05, 0.1) is 25.0 Å².